The van der Waals surface area contributed by atoms with Crippen molar-refractivity contribution in [2.75, 3.05) is 11.9 Å². The van der Waals surface area contributed by atoms with Crippen LogP contribution in [0.15, 0.2) is 22.7 Å². The molecule has 0 aliphatic rings. The second-order valence-electron chi connectivity index (χ2n) is 5.12. The lowest BCUT2D eigenvalue weighted by Gasteiger charge is -2.13. The quantitative estimate of drug-likeness (QED) is 0.695. The number of aliphatic carboxylic acids is 1. The molecule has 1 unspecified atom stereocenters. The van der Waals surface area contributed by atoms with Crippen molar-refractivity contribution < 1.29 is 14.7 Å². The number of benzene rings is 1. The third kappa shape index (κ3) is 6.62. The van der Waals surface area contributed by atoms with Crippen LogP contribution in [0, 0.1) is 12.8 Å². The number of carbonyl (C=O) groups is 2. The summed E-state index contributed by atoms with van der Waals surface area (Å²) >= 11 is 3.42. The van der Waals surface area contributed by atoms with Crippen LogP contribution in [0.3, 0.4) is 0 Å². The van der Waals surface area contributed by atoms with Crippen molar-refractivity contribution >= 4 is 33.6 Å². The average molecular weight is 357 g/mol. The largest absolute Gasteiger partial charge is 0.481 e. The van der Waals surface area contributed by atoms with Crippen molar-refractivity contribution in [1.82, 2.24) is 5.32 Å². The molecule has 0 heterocycles. The zero-order valence-electron chi connectivity index (χ0n) is 12.3. The SMILES string of the molecule is Cc1c(Br)cccc1NC(=O)NCCC(C)CCC(=O)O. The van der Waals surface area contributed by atoms with Gasteiger partial charge in [-0.1, -0.05) is 28.9 Å². The number of amides is 2. The van der Waals surface area contributed by atoms with Crippen molar-refractivity contribution in [3.05, 3.63) is 28.2 Å². The number of hydrogen-bond donors (Lipinski definition) is 3. The molecular weight excluding hydrogens is 336 g/mol. The van der Waals surface area contributed by atoms with E-state index in [2.05, 4.69) is 26.6 Å². The number of rotatable bonds is 7. The molecule has 0 bridgehead atoms. The Bertz CT molecular complexity index is 506. The molecule has 0 spiro atoms. The summed E-state index contributed by atoms with van der Waals surface area (Å²) in [6, 6.07) is 5.37. The monoisotopic (exact) mass is 356 g/mol. The predicted molar refractivity (Wildman–Crippen MR) is 86.6 cm³/mol. The number of carbonyl (C=O) groups excluding carboxylic acids is 1. The van der Waals surface area contributed by atoms with Gasteiger partial charge in [-0.25, -0.2) is 4.79 Å². The molecule has 1 aromatic rings. The van der Waals surface area contributed by atoms with E-state index in [0.717, 1.165) is 22.1 Å². The van der Waals surface area contributed by atoms with Crippen molar-refractivity contribution in [3.8, 4) is 0 Å². The van der Waals surface area contributed by atoms with E-state index in [1.165, 1.54) is 0 Å². The van der Waals surface area contributed by atoms with Crippen molar-refractivity contribution in [1.29, 1.82) is 0 Å². The Hall–Kier alpha value is -1.56. The van der Waals surface area contributed by atoms with Gasteiger partial charge < -0.3 is 15.7 Å². The summed E-state index contributed by atoms with van der Waals surface area (Å²) in [7, 11) is 0. The molecule has 0 aromatic heterocycles. The van der Waals surface area contributed by atoms with Gasteiger partial charge in [-0.2, -0.15) is 0 Å². The van der Waals surface area contributed by atoms with Gasteiger partial charge in [0.25, 0.3) is 0 Å². The van der Waals surface area contributed by atoms with E-state index >= 15 is 0 Å². The van der Waals surface area contributed by atoms with Gasteiger partial charge in [0.2, 0.25) is 0 Å². The average Bonchev–Trinajstić information content (AvgIpc) is 2.41. The third-order valence-corrected chi connectivity index (χ3v) is 4.15. The zero-order valence-corrected chi connectivity index (χ0v) is 13.9. The normalized spacial score (nSPS) is 11.8. The first-order chi connectivity index (χ1) is 9.90. The Kier molecular flexibility index (Phi) is 7.22. The Morgan fingerprint density at radius 2 is 2.05 bits per heavy atom. The Morgan fingerprint density at radius 3 is 2.71 bits per heavy atom. The fourth-order valence-electron chi connectivity index (χ4n) is 1.86. The number of urea groups is 1. The highest BCUT2D eigenvalue weighted by Gasteiger charge is 2.08. The Labute approximate surface area is 133 Å². The van der Waals surface area contributed by atoms with E-state index in [-0.39, 0.29) is 18.4 Å². The van der Waals surface area contributed by atoms with Crippen molar-refractivity contribution in [2.45, 2.75) is 33.1 Å². The Balaban J connectivity index is 2.31. The summed E-state index contributed by atoms with van der Waals surface area (Å²) in [5, 5.41) is 14.2. The molecule has 0 aliphatic heterocycles. The van der Waals surface area contributed by atoms with E-state index in [0.29, 0.717) is 13.0 Å². The number of halogens is 1. The van der Waals surface area contributed by atoms with Gasteiger partial charge in [-0.15, -0.1) is 0 Å². The lowest BCUT2D eigenvalue weighted by atomic mass is 10.0. The highest BCUT2D eigenvalue weighted by atomic mass is 79.9. The van der Waals surface area contributed by atoms with Crippen molar-refractivity contribution in [3.63, 3.8) is 0 Å². The number of nitrogens with one attached hydrogen (secondary N) is 2. The molecule has 3 N–H and O–H groups in total. The number of carboxylic acid groups (broad SMARTS) is 1. The van der Waals surface area contributed by atoms with Gasteiger partial charge in [0.1, 0.15) is 0 Å². The van der Waals surface area contributed by atoms with Gasteiger partial charge in [0, 0.05) is 23.1 Å². The first kappa shape index (κ1) is 17.5. The molecule has 1 atom stereocenters. The summed E-state index contributed by atoms with van der Waals surface area (Å²) in [6.07, 6.45) is 1.56. The summed E-state index contributed by atoms with van der Waals surface area (Å²) < 4.78 is 0.947. The summed E-state index contributed by atoms with van der Waals surface area (Å²) in [5.41, 5.74) is 1.74. The first-order valence-electron chi connectivity index (χ1n) is 6.92. The molecule has 0 radical (unpaired) electrons. The summed E-state index contributed by atoms with van der Waals surface area (Å²) in [5.74, 6) is -0.508. The topological polar surface area (TPSA) is 78.4 Å². The molecule has 2 amide bonds. The van der Waals surface area contributed by atoms with Gasteiger partial charge >= 0.3 is 12.0 Å². The maximum atomic E-state index is 11.8. The highest BCUT2D eigenvalue weighted by Crippen LogP contribution is 2.23. The summed E-state index contributed by atoms with van der Waals surface area (Å²) in [6.45, 7) is 4.44. The highest BCUT2D eigenvalue weighted by molar-refractivity contribution is 9.10. The van der Waals surface area contributed by atoms with E-state index in [4.69, 9.17) is 5.11 Å². The maximum Gasteiger partial charge on any atom is 0.319 e. The Morgan fingerprint density at radius 1 is 1.33 bits per heavy atom. The molecular formula is C15H21BrN2O3. The van der Waals surface area contributed by atoms with E-state index in [1.807, 2.05) is 32.0 Å². The minimum absolute atomic E-state index is 0.171. The van der Waals surface area contributed by atoms with Crippen LogP contribution in [0.1, 0.15) is 31.7 Å². The third-order valence-electron chi connectivity index (χ3n) is 3.29. The fraction of sp³-hybridized carbons (Fsp3) is 0.467. The number of carboxylic acids is 1. The second-order valence-corrected chi connectivity index (χ2v) is 5.97. The first-order valence-corrected chi connectivity index (χ1v) is 7.71. The number of hydrogen-bond acceptors (Lipinski definition) is 2. The molecule has 0 saturated carbocycles. The fourth-order valence-corrected chi connectivity index (χ4v) is 2.22. The lowest BCUT2D eigenvalue weighted by Crippen LogP contribution is -2.30. The number of anilines is 1. The molecule has 0 saturated heterocycles. The molecule has 6 heteroatoms. The minimum atomic E-state index is -0.780. The van der Waals surface area contributed by atoms with E-state index in [9.17, 15) is 9.59 Å². The molecule has 0 fully saturated rings. The van der Waals surface area contributed by atoms with Crippen LogP contribution in [-0.4, -0.2) is 23.7 Å². The molecule has 116 valence electrons. The minimum Gasteiger partial charge on any atom is -0.481 e. The van der Waals surface area contributed by atoms with Crippen LogP contribution in [-0.2, 0) is 4.79 Å². The van der Waals surface area contributed by atoms with Crippen LogP contribution < -0.4 is 10.6 Å². The van der Waals surface area contributed by atoms with Gasteiger partial charge in [-0.05, 0) is 43.4 Å². The second kappa shape index (κ2) is 8.67. The standard InChI is InChI=1S/C15H21BrN2O3/c1-10(6-7-14(19)20)8-9-17-15(21)18-13-5-3-4-12(16)11(13)2/h3-5,10H,6-9H2,1-2H3,(H,19,20)(H2,17,18,21). The smallest absolute Gasteiger partial charge is 0.319 e. The lowest BCUT2D eigenvalue weighted by molar-refractivity contribution is -0.137. The van der Waals surface area contributed by atoms with Gasteiger partial charge in [0.05, 0.1) is 0 Å². The summed E-state index contributed by atoms with van der Waals surface area (Å²) in [4.78, 5) is 22.3. The van der Waals surface area contributed by atoms with E-state index in [1.54, 1.807) is 0 Å². The molecule has 1 rings (SSSR count). The van der Waals surface area contributed by atoms with Gasteiger partial charge in [-0.3, -0.25) is 4.79 Å². The molecule has 21 heavy (non-hydrogen) atoms. The zero-order chi connectivity index (χ0) is 15.8. The molecule has 1 aromatic carbocycles. The van der Waals surface area contributed by atoms with Crippen LogP contribution in [0.25, 0.3) is 0 Å². The maximum absolute atomic E-state index is 11.8. The van der Waals surface area contributed by atoms with Crippen LogP contribution in [0.4, 0.5) is 10.5 Å². The van der Waals surface area contributed by atoms with Crippen LogP contribution in [0.5, 0.6) is 0 Å². The van der Waals surface area contributed by atoms with Crippen LogP contribution >= 0.6 is 15.9 Å². The van der Waals surface area contributed by atoms with Crippen LogP contribution in [0.2, 0.25) is 0 Å². The molecule has 0 aliphatic carbocycles. The van der Waals surface area contributed by atoms with Crippen molar-refractivity contribution in [2.24, 2.45) is 5.92 Å². The van der Waals surface area contributed by atoms with E-state index < -0.39 is 5.97 Å². The molecule has 5 nitrogen and oxygen atoms in total. The predicted octanol–water partition coefficient (Wildman–Crippen LogP) is 3.77. The van der Waals surface area contributed by atoms with Gasteiger partial charge in [0.15, 0.2) is 0 Å².